The predicted molar refractivity (Wildman–Crippen MR) is 118 cm³/mol. The van der Waals surface area contributed by atoms with E-state index in [9.17, 15) is 9.59 Å². The number of benzene rings is 3. The van der Waals surface area contributed by atoms with E-state index in [2.05, 4.69) is 15.5 Å². The number of carbonyl (C=O) groups is 2. The smallest absolute Gasteiger partial charge is 0.338 e. The Balaban J connectivity index is 1.45. The molecule has 0 fully saturated rings. The van der Waals surface area contributed by atoms with Crippen LogP contribution in [0, 0.1) is 6.92 Å². The fourth-order valence-electron chi connectivity index (χ4n) is 3.20. The van der Waals surface area contributed by atoms with Gasteiger partial charge in [0.2, 0.25) is 0 Å². The predicted octanol–water partition coefficient (Wildman–Crippen LogP) is 3.36. The molecule has 0 radical (unpaired) electrons. The first kappa shape index (κ1) is 20.9. The Hall–Kier alpha value is -4.33. The standard InChI is InChI=1S/C24H21N5O3/c1-18-6-5-9-22(14-18)28(15-19-7-3-2-4-8-19)23(30)16-32-24(31)20-10-12-21(13-11-20)29-17-25-26-27-29/h2-14,17H,15-16H2,1H3. The monoisotopic (exact) mass is 427 g/mol. The minimum atomic E-state index is -0.578. The van der Waals surface area contributed by atoms with Gasteiger partial charge in [-0.3, -0.25) is 4.79 Å². The van der Waals surface area contributed by atoms with Crippen molar-refractivity contribution in [1.82, 2.24) is 20.2 Å². The number of nitrogens with zero attached hydrogens (tertiary/aromatic N) is 5. The summed E-state index contributed by atoms with van der Waals surface area (Å²) in [6, 6.07) is 23.9. The zero-order valence-corrected chi connectivity index (χ0v) is 17.5. The van der Waals surface area contributed by atoms with E-state index < -0.39 is 5.97 Å². The summed E-state index contributed by atoms with van der Waals surface area (Å²) in [5.74, 6) is -0.886. The summed E-state index contributed by atoms with van der Waals surface area (Å²) in [7, 11) is 0. The SMILES string of the molecule is Cc1cccc(N(Cc2ccccc2)C(=O)COC(=O)c2ccc(-n3cnnn3)cc2)c1. The van der Waals surface area contributed by atoms with Crippen LogP contribution in [0.2, 0.25) is 0 Å². The summed E-state index contributed by atoms with van der Waals surface area (Å²) in [5, 5.41) is 11.0. The average molecular weight is 427 g/mol. The van der Waals surface area contributed by atoms with Gasteiger partial charge in [-0.25, -0.2) is 9.48 Å². The van der Waals surface area contributed by atoms with Crippen LogP contribution in [-0.2, 0) is 16.1 Å². The number of tetrazole rings is 1. The summed E-state index contributed by atoms with van der Waals surface area (Å²) in [5.41, 5.74) is 3.80. The van der Waals surface area contributed by atoms with E-state index in [0.29, 0.717) is 17.8 Å². The van der Waals surface area contributed by atoms with Gasteiger partial charge in [0.05, 0.1) is 17.8 Å². The molecule has 0 spiro atoms. The maximum Gasteiger partial charge on any atom is 0.338 e. The molecule has 8 heteroatoms. The van der Waals surface area contributed by atoms with E-state index in [4.69, 9.17) is 4.74 Å². The molecule has 1 heterocycles. The average Bonchev–Trinajstić information content (AvgIpc) is 3.37. The summed E-state index contributed by atoms with van der Waals surface area (Å²) < 4.78 is 6.79. The molecule has 1 aromatic heterocycles. The van der Waals surface area contributed by atoms with Crippen LogP contribution >= 0.6 is 0 Å². The molecule has 3 aromatic carbocycles. The minimum absolute atomic E-state index is 0.307. The second-order valence-electron chi connectivity index (χ2n) is 7.18. The highest BCUT2D eigenvalue weighted by molar-refractivity contribution is 5.97. The van der Waals surface area contributed by atoms with Crippen LogP contribution in [0.4, 0.5) is 5.69 Å². The van der Waals surface area contributed by atoms with Gasteiger partial charge in [0, 0.05) is 5.69 Å². The number of hydrogen-bond acceptors (Lipinski definition) is 6. The van der Waals surface area contributed by atoms with E-state index in [1.807, 2.05) is 61.5 Å². The molecule has 0 bridgehead atoms. The van der Waals surface area contributed by atoms with Gasteiger partial charge in [-0.2, -0.15) is 0 Å². The molecule has 1 amide bonds. The first-order valence-electron chi connectivity index (χ1n) is 10.0. The second kappa shape index (κ2) is 9.65. The van der Waals surface area contributed by atoms with Crippen LogP contribution < -0.4 is 4.90 Å². The molecule has 0 aliphatic heterocycles. The van der Waals surface area contributed by atoms with Gasteiger partial charge in [0.25, 0.3) is 5.91 Å². The van der Waals surface area contributed by atoms with Crippen LogP contribution in [0.5, 0.6) is 0 Å². The van der Waals surface area contributed by atoms with Crippen molar-refractivity contribution in [2.75, 3.05) is 11.5 Å². The van der Waals surface area contributed by atoms with Gasteiger partial charge in [-0.15, -0.1) is 5.10 Å². The molecule has 0 saturated carbocycles. The number of esters is 1. The van der Waals surface area contributed by atoms with Gasteiger partial charge in [-0.1, -0.05) is 42.5 Å². The second-order valence-corrected chi connectivity index (χ2v) is 7.18. The van der Waals surface area contributed by atoms with E-state index in [1.165, 1.54) is 11.0 Å². The maximum atomic E-state index is 13.0. The molecule has 0 saturated heterocycles. The molecule has 0 aliphatic carbocycles. The van der Waals surface area contributed by atoms with Gasteiger partial charge in [0.15, 0.2) is 6.61 Å². The number of ether oxygens (including phenoxy) is 1. The number of anilines is 1. The quantitative estimate of drug-likeness (QED) is 0.420. The van der Waals surface area contributed by atoms with Gasteiger partial charge in [-0.05, 0) is 64.9 Å². The first-order valence-corrected chi connectivity index (χ1v) is 10.0. The van der Waals surface area contributed by atoms with Crippen LogP contribution in [0.3, 0.4) is 0 Å². The fraction of sp³-hybridized carbons (Fsp3) is 0.125. The van der Waals surface area contributed by atoms with Crippen molar-refractivity contribution >= 4 is 17.6 Å². The number of aromatic nitrogens is 4. The Labute approximate surface area is 185 Å². The van der Waals surface area contributed by atoms with Crippen molar-refractivity contribution in [2.24, 2.45) is 0 Å². The third-order valence-corrected chi connectivity index (χ3v) is 4.84. The molecule has 32 heavy (non-hydrogen) atoms. The van der Waals surface area contributed by atoms with Crippen LogP contribution in [0.1, 0.15) is 21.5 Å². The highest BCUT2D eigenvalue weighted by Gasteiger charge is 2.19. The zero-order valence-electron chi connectivity index (χ0n) is 17.5. The number of rotatable bonds is 7. The normalized spacial score (nSPS) is 10.5. The molecule has 0 atom stereocenters. The lowest BCUT2D eigenvalue weighted by Gasteiger charge is -2.23. The summed E-state index contributed by atoms with van der Waals surface area (Å²) in [6.07, 6.45) is 1.46. The van der Waals surface area contributed by atoms with E-state index in [1.54, 1.807) is 29.2 Å². The van der Waals surface area contributed by atoms with Crippen molar-refractivity contribution in [1.29, 1.82) is 0 Å². The highest BCUT2D eigenvalue weighted by Crippen LogP contribution is 2.19. The van der Waals surface area contributed by atoms with Gasteiger partial charge >= 0.3 is 5.97 Å². The fourth-order valence-corrected chi connectivity index (χ4v) is 3.20. The lowest BCUT2D eigenvalue weighted by Crippen LogP contribution is -2.34. The molecule has 4 rings (SSSR count). The minimum Gasteiger partial charge on any atom is -0.452 e. The Morgan fingerprint density at radius 3 is 2.44 bits per heavy atom. The Morgan fingerprint density at radius 1 is 0.969 bits per heavy atom. The van der Waals surface area contributed by atoms with Gasteiger partial charge < -0.3 is 9.64 Å². The summed E-state index contributed by atoms with van der Waals surface area (Å²) in [6.45, 7) is 1.98. The Morgan fingerprint density at radius 2 is 1.75 bits per heavy atom. The lowest BCUT2D eigenvalue weighted by atomic mass is 10.1. The van der Waals surface area contributed by atoms with Crippen molar-refractivity contribution < 1.29 is 14.3 Å². The maximum absolute atomic E-state index is 13.0. The number of aryl methyl sites for hydroxylation is 1. The third kappa shape index (κ3) is 5.04. The molecule has 4 aromatic rings. The van der Waals surface area contributed by atoms with Crippen molar-refractivity contribution in [3.05, 3.63) is 102 Å². The molecular formula is C24H21N5O3. The molecule has 160 valence electrons. The molecule has 0 N–H and O–H groups in total. The van der Waals surface area contributed by atoms with Crippen molar-refractivity contribution in [3.8, 4) is 5.69 Å². The summed E-state index contributed by atoms with van der Waals surface area (Å²) >= 11 is 0. The van der Waals surface area contributed by atoms with E-state index in [-0.39, 0.29) is 12.5 Å². The van der Waals surface area contributed by atoms with Crippen LogP contribution in [-0.4, -0.2) is 38.7 Å². The topological polar surface area (TPSA) is 90.2 Å². The van der Waals surface area contributed by atoms with Crippen LogP contribution in [0.15, 0.2) is 85.2 Å². The zero-order chi connectivity index (χ0) is 22.3. The van der Waals surface area contributed by atoms with E-state index >= 15 is 0 Å². The lowest BCUT2D eigenvalue weighted by molar-refractivity contribution is -0.121. The van der Waals surface area contributed by atoms with Crippen molar-refractivity contribution in [2.45, 2.75) is 13.5 Å². The van der Waals surface area contributed by atoms with Crippen molar-refractivity contribution in [3.63, 3.8) is 0 Å². The summed E-state index contributed by atoms with van der Waals surface area (Å²) in [4.78, 5) is 27.1. The number of carbonyl (C=O) groups excluding carboxylic acids is 2. The van der Waals surface area contributed by atoms with Gasteiger partial charge in [0.1, 0.15) is 6.33 Å². The van der Waals surface area contributed by atoms with E-state index in [0.717, 1.165) is 16.8 Å². The molecular weight excluding hydrogens is 406 g/mol. The largest absolute Gasteiger partial charge is 0.452 e. The first-order chi connectivity index (χ1) is 15.6. The third-order valence-electron chi connectivity index (χ3n) is 4.84. The highest BCUT2D eigenvalue weighted by atomic mass is 16.5. The Kier molecular flexibility index (Phi) is 6.31. The molecule has 8 nitrogen and oxygen atoms in total. The Bertz CT molecular complexity index is 1190. The van der Waals surface area contributed by atoms with Crippen LogP contribution in [0.25, 0.3) is 5.69 Å². The number of hydrogen-bond donors (Lipinski definition) is 0. The molecule has 0 unspecified atom stereocenters. The molecule has 0 aliphatic rings. The number of amides is 1.